The maximum Gasteiger partial charge on any atom is 0.0921 e. The van der Waals surface area contributed by atoms with Crippen LogP contribution >= 0.6 is 0 Å². The average molecular weight is 162 g/mol. The minimum Gasteiger partial charge on any atom is -0.251 e. The summed E-state index contributed by atoms with van der Waals surface area (Å²) in [6, 6.07) is 0. The Morgan fingerprint density at radius 2 is 1.90 bits per heavy atom. The van der Waals surface area contributed by atoms with Crippen LogP contribution in [0.15, 0.2) is 0 Å². The van der Waals surface area contributed by atoms with Crippen LogP contribution in [0.4, 0.5) is 4.39 Å². The zero-order chi connectivity index (χ0) is 8.20. The summed E-state index contributed by atoms with van der Waals surface area (Å²) in [5, 5.41) is 0.0642. The van der Waals surface area contributed by atoms with Gasteiger partial charge in [0.15, 0.2) is 0 Å². The van der Waals surface area contributed by atoms with Crippen molar-refractivity contribution < 1.29 is 4.39 Å². The molecule has 0 aliphatic carbocycles. The molecule has 0 saturated carbocycles. The van der Waals surface area contributed by atoms with Gasteiger partial charge in [0.05, 0.1) is 6.67 Å². The Morgan fingerprint density at radius 1 is 1.40 bits per heavy atom. The van der Waals surface area contributed by atoms with Crippen molar-refractivity contribution in [2.75, 3.05) is 6.67 Å². The van der Waals surface area contributed by atoms with E-state index < -0.39 is 8.80 Å². The summed E-state index contributed by atoms with van der Waals surface area (Å²) in [5.41, 5.74) is 0. The summed E-state index contributed by atoms with van der Waals surface area (Å²) in [5.74, 6) is 0. The molecule has 0 rings (SSSR count). The minimum absolute atomic E-state index is 0.0642. The van der Waals surface area contributed by atoms with E-state index in [4.69, 9.17) is 0 Å². The molecule has 0 saturated heterocycles. The van der Waals surface area contributed by atoms with E-state index in [2.05, 4.69) is 26.9 Å². The lowest BCUT2D eigenvalue weighted by atomic mass is 10.1. The van der Waals surface area contributed by atoms with E-state index in [9.17, 15) is 4.39 Å². The molecule has 0 fully saturated rings. The second kappa shape index (κ2) is 4.11. The highest BCUT2D eigenvalue weighted by Crippen LogP contribution is 2.35. The molecule has 0 spiro atoms. The van der Waals surface area contributed by atoms with Crippen molar-refractivity contribution in [3.05, 3.63) is 0 Å². The van der Waals surface area contributed by atoms with E-state index in [0.29, 0.717) is 0 Å². The van der Waals surface area contributed by atoms with Crippen LogP contribution in [0.2, 0.25) is 18.1 Å². The van der Waals surface area contributed by atoms with Crippen molar-refractivity contribution in [3.63, 3.8) is 0 Å². The summed E-state index contributed by atoms with van der Waals surface area (Å²) < 4.78 is 12.5. The van der Waals surface area contributed by atoms with Gasteiger partial charge in [-0.1, -0.05) is 33.4 Å². The average Bonchev–Trinajstić information content (AvgIpc) is 1.88. The predicted octanol–water partition coefficient (Wildman–Crippen LogP) is 3.00. The summed E-state index contributed by atoms with van der Waals surface area (Å²) in [6.45, 7) is 8.56. The first-order chi connectivity index (χ1) is 4.56. The molecule has 0 aromatic rings. The van der Waals surface area contributed by atoms with Crippen molar-refractivity contribution in [1.82, 2.24) is 0 Å². The van der Waals surface area contributed by atoms with E-state index in [-0.39, 0.29) is 11.7 Å². The van der Waals surface area contributed by atoms with Crippen molar-refractivity contribution in [2.45, 2.75) is 44.8 Å². The van der Waals surface area contributed by atoms with Crippen molar-refractivity contribution in [3.8, 4) is 0 Å². The number of hydrogen-bond donors (Lipinski definition) is 0. The predicted molar refractivity (Wildman–Crippen MR) is 48.1 cm³/mol. The molecule has 2 heteroatoms. The highest BCUT2D eigenvalue weighted by atomic mass is 28.3. The Hall–Kier alpha value is 0.147. The van der Waals surface area contributed by atoms with Gasteiger partial charge in [-0.15, -0.1) is 0 Å². The smallest absolute Gasteiger partial charge is 0.0921 e. The molecule has 62 valence electrons. The normalized spacial score (nSPS) is 17.4. The topological polar surface area (TPSA) is 0 Å². The molecule has 0 aromatic carbocycles. The third-order valence-electron chi connectivity index (χ3n) is 2.52. The Morgan fingerprint density at radius 3 is 2.00 bits per heavy atom. The lowest BCUT2D eigenvalue weighted by molar-refractivity contribution is 0.372. The highest BCUT2D eigenvalue weighted by molar-refractivity contribution is 6.59. The summed E-state index contributed by atoms with van der Waals surface area (Å²) in [6.07, 6.45) is 2.18. The van der Waals surface area contributed by atoms with Gasteiger partial charge in [-0.2, -0.15) is 0 Å². The lowest BCUT2D eigenvalue weighted by Gasteiger charge is -2.29. The highest BCUT2D eigenvalue weighted by Gasteiger charge is 2.27. The molecule has 0 radical (unpaired) electrons. The molecule has 0 aromatic heterocycles. The number of alkyl halides is 1. The van der Waals surface area contributed by atoms with Crippen molar-refractivity contribution in [2.24, 2.45) is 0 Å². The van der Waals surface area contributed by atoms with Gasteiger partial charge >= 0.3 is 0 Å². The van der Waals surface area contributed by atoms with Crippen LogP contribution in [-0.4, -0.2) is 15.5 Å². The first-order valence-corrected chi connectivity index (χ1v) is 7.01. The van der Waals surface area contributed by atoms with E-state index in [1.165, 1.54) is 0 Å². The first kappa shape index (κ1) is 10.1. The second-order valence-corrected chi connectivity index (χ2v) is 7.40. The second-order valence-electron chi connectivity index (χ2n) is 3.69. The van der Waals surface area contributed by atoms with Gasteiger partial charge < -0.3 is 0 Å². The third kappa shape index (κ3) is 2.41. The fourth-order valence-corrected chi connectivity index (χ4v) is 2.26. The standard InChI is InChI=1S/C8H19FSi/c1-5-6-8(2,7-9)10(3)4/h10H,5-7H2,1-4H3. The zero-order valence-corrected chi connectivity index (χ0v) is 8.73. The first-order valence-electron chi connectivity index (χ1n) is 4.12. The van der Waals surface area contributed by atoms with Gasteiger partial charge in [0.2, 0.25) is 0 Å². The fourth-order valence-electron chi connectivity index (χ4n) is 1.08. The molecule has 0 nitrogen and oxygen atoms in total. The monoisotopic (exact) mass is 162 g/mol. The molecule has 0 aliphatic heterocycles. The lowest BCUT2D eigenvalue weighted by Crippen LogP contribution is -2.26. The van der Waals surface area contributed by atoms with Crippen LogP contribution in [0.3, 0.4) is 0 Å². The molecule has 0 N–H and O–H groups in total. The fraction of sp³-hybridized carbons (Fsp3) is 1.00. The number of hydrogen-bond acceptors (Lipinski definition) is 0. The van der Waals surface area contributed by atoms with Gasteiger partial charge in [-0.05, 0) is 11.5 Å². The van der Waals surface area contributed by atoms with E-state index in [1.807, 2.05) is 0 Å². The molecule has 0 heterocycles. The van der Waals surface area contributed by atoms with Crippen LogP contribution in [0.1, 0.15) is 26.7 Å². The summed E-state index contributed by atoms with van der Waals surface area (Å²) >= 11 is 0. The van der Waals surface area contributed by atoms with E-state index in [0.717, 1.165) is 12.8 Å². The Labute approximate surface area is 65.4 Å². The quantitative estimate of drug-likeness (QED) is 0.557. The Balaban J connectivity index is 3.94. The van der Waals surface area contributed by atoms with Crippen molar-refractivity contribution in [1.29, 1.82) is 0 Å². The molecule has 0 amide bonds. The van der Waals surface area contributed by atoms with E-state index >= 15 is 0 Å². The SMILES string of the molecule is CCCC(C)(CF)[SiH](C)C. The Kier molecular flexibility index (Phi) is 4.18. The minimum atomic E-state index is -0.793. The Bertz CT molecular complexity index is 93.3. The van der Waals surface area contributed by atoms with Crippen LogP contribution < -0.4 is 0 Å². The van der Waals surface area contributed by atoms with Crippen LogP contribution in [0.5, 0.6) is 0 Å². The molecule has 1 unspecified atom stereocenters. The molecule has 10 heavy (non-hydrogen) atoms. The summed E-state index contributed by atoms with van der Waals surface area (Å²) in [4.78, 5) is 0. The number of halogens is 1. The molecular formula is C8H19FSi. The van der Waals surface area contributed by atoms with Gasteiger partial charge in [-0.25, -0.2) is 0 Å². The van der Waals surface area contributed by atoms with Gasteiger partial charge in [0, 0.05) is 8.80 Å². The molecule has 0 bridgehead atoms. The van der Waals surface area contributed by atoms with Crippen LogP contribution in [0, 0.1) is 0 Å². The van der Waals surface area contributed by atoms with Crippen molar-refractivity contribution >= 4 is 8.80 Å². The van der Waals surface area contributed by atoms with Gasteiger partial charge in [0.1, 0.15) is 0 Å². The maximum absolute atomic E-state index is 12.5. The summed E-state index contributed by atoms with van der Waals surface area (Å²) in [7, 11) is -0.793. The van der Waals surface area contributed by atoms with Gasteiger partial charge in [0.25, 0.3) is 0 Å². The number of rotatable bonds is 4. The van der Waals surface area contributed by atoms with Crippen LogP contribution in [-0.2, 0) is 0 Å². The van der Waals surface area contributed by atoms with Gasteiger partial charge in [-0.3, -0.25) is 4.39 Å². The van der Waals surface area contributed by atoms with Crippen LogP contribution in [0.25, 0.3) is 0 Å². The zero-order valence-electron chi connectivity index (χ0n) is 7.58. The molecular weight excluding hydrogens is 143 g/mol. The molecule has 1 atom stereocenters. The molecule has 0 aliphatic rings. The third-order valence-corrected chi connectivity index (χ3v) is 5.75. The maximum atomic E-state index is 12.5. The van der Waals surface area contributed by atoms with E-state index in [1.54, 1.807) is 0 Å². The largest absolute Gasteiger partial charge is 0.251 e.